The van der Waals surface area contributed by atoms with Crippen molar-refractivity contribution in [1.29, 1.82) is 0 Å². The van der Waals surface area contributed by atoms with E-state index in [-0.39, 0.29) is 38.7 Å². The molecule has 15 atom stereocenters. The Balaban J connectivity index is 1.81. The quantitative estimate of drug-likeness (QED) is 0.175. The van der Waals surface area contributed by atoms with E-state index < -0.39 is 122 Å². The average molecular weight is 866 g/mol. The lowest BCUT2D eigenvalue weighted by atomic mass is 9.82. The highest BCUT2D eigenvalue weighted by Gasteiger charge is 2.51. The third-order valence-electron chi connectivity index (χ3n) is 10.6. The lowest BCUT2D eigenvalue weighted by Crippen LogP contribution is -2.61. The Morgan fingerprint density at radius 3 is 2.00 bits per heavy atom. The Hall–Kier alpha value is -3.40. The van der Waals surface area contributed by atoms with Crippen LogP contribution >= 0.6 is 0 Å². The van der Waals surface area contributed by atoms with Gasteiger partial charge in [-0.3, -0.25) is 9.59 Å². The van der Waals surface area contributed by atoms with Crippen molar-refractivity contribution in [2.24, 2.45) is 11.7 Å². The van der Waals surface area contributed by atoms with Crippen LogP contribution in [-0.4, -0.2) is 155 Å². The minimum atomic E-state index is -2.31. The fraction of sp³-hybridized carbons (Fsp3) is 0.636. The predicted molar refractivity (Wildman–Crippen MR) is 222 cm³/mol. The van der Waals surface area contributed by atoms with Crippen molar-refractivity contribution in [1.82, 2.24) is 0 Å². The highest BCUT2D eigenvalue weighted by molar-refractivity contribution is 5.71. The number of aliphatic hydroxyl groups excluding tert-OH is 8. The minimum Gasteiger partial charge on any atom is -0.481 e. The zero-order valence-corrected chi connectivity index (χ0v) is 34.7. The Morgan fingerprint density at radius 1 is 0.738 bits per heavy atom. The molecule has 17 nitrogen and oxygen atoms in total. The molecule has 15 unspecified atom stereocenters. The fourth-order valence-corrected chi connectivity index (χ4v) is 7.28. The zero-order valence-electron chi connectivity index (χ0n) is 34.7. The average Bonchev–Trinajstić information content (AvgIpc) is 3.17. The van der Waals surface area contributed by atoms with E-state index in [9.17, 15) is 60.7 Å². The second kappa shape index (κ2) is 26.9. The molecule has 0 saturated carbocycles. The number of allylic oxidation sites excluding steroid dienone is 13. The Morgan fingerprint density at radius 2 is 1.36 bits per heavy atom. The van der Waals surface area contributed by atoms with Gasteiger partial charge in [-0.25, -0.2) is 0 Å². The molecule has 17 heteroatoms. The Kier molecular flexibility index (Phi) is 22.9. The summed E-state index contributed by atoms with van der Waals surface area (Å²) in [6, 6.07) is -1.14. The van der Waals surface area contributed by atoms with E-state index in [2.05, 4.69) is 0 Å². The Labute approximate surface area is 357 Å². The normalized spacial score (nSPS) is 42.8. The van der Waals surface area contributed by atoms with Crippen molar-refractivity contribution in [3.8, 4) is 0 Å². The van der Waals surface area contributed by atoms with Crippen LogP contribution in [0.4, 0.5) is 0 Å². The number of cyclic esters (lactones) is 1. The van der Waals surface area contributed by atoms with Crippen LogP contribution in [0.1, 0.15) is 77.6 Å². The van der Waals surface area contributed by atoms with E-state index in [0.29, 0.717) is 6.42 Å². The molecule has 0 aromatic carbocycles. The molecule has 3 aliphatic rings. The summed E-state index contributed by atoms with van der Waals surface area (Å²) in [5.74, 6) is -5.93. The molecule has 0 amide bonds. The first-order chi connectivity index (χ1) is 29.0. The smallest absolute Gasteiger partial charge is 0.311 e. The molecule has 0 aromatic heterocycles. The maximum atomic E-state index is 12.4. The van der Waals surface area contributed by atoms with E-state index >= 15 is 0 Å². The van der Waals surface area contributed by atoms with Gasteiger partial charge in [0.15, 0.2) is 12.1 Å². The maximum Gasteiger partial charge on any atom is 0.311 e. The zero-order chi connectivity index (χ0) is 45.0. The second-order valence-corrected chi connectivity index (χ2v) is 15.9. The fourth-order valence-electron chi connectivity index (χ4n) is 7.28. The molecular weight excluding hydrogens is 798 g/mol. The van der Waals surface area contributed by atoms with Gasteiger partial charge in [0.25, 0.3) is 0 Å². The molecule has 0 aromatic rings. The first-order valence-electron chi connectivity index (χ1n) is 21.0. The van der Waals surface area contributed by atoms with Crippen molar-refractivity contribution in [2.75, 3.05) is 6.61 Å². The third-order valence-corrected chi connectivity index (χ3v) is 10.6. The van der Waals surface area contributed by atoms with Crippen molar-refractivity contribution in [2.45, 2.75) is 163 Å². The van der Waals surface area contributed by atoms with Gasteiger partial charge >= 0.3 is 11.9 Å². The minimum absolute atomic E-state index is 0.0630. The number of hydrogen-bond acceptors (Lipinski definition) is 16. The van der Waals surface area contributed by atoms with Gasteiger partial charge < -0.3 is 75.7 Å². The lowest BCUT2D eigenvalue weighted by Gasteiger charge is -2.45. The number of esters is 1. The van der Waals surface area contributed by atoms with Gasteiger partial charge in [-0.1, -0.05) is 85.1 Å². The number of nitrogens with two attached hydrogens (primary N) is 1. The summed E-state index contributed by atoms with van der Waals surface area (Å²) in [6.07, 6.45) is 8.57. The summed E-state index contributed by atoms with van der Waals surface area (Å²) < 4.78 is 22.8. The number of aliphatic hydroxyl groups is 9. The largest absolute Gasteiger partial charge is 0.481 e. The summed E-state index contributed by atoms with van der Waals surface area (Å²) in [6.45, 7) is 1.73. The SMILES string of the molecule is CC1OC(OC2/C=C/C=C/C=C/C=C/C=C/C=C/C=C/CCCCOC(=O)CC(O)CC(O)CCC(O)C(O)CC(O)CC3(O)CC(O)C(C(=O)O)C(C2)O3)C(O)C(N)C1O. The van der Waals surface area contributed by atoms with E-state index in [1.54, 1.807) is 30.4 Å². The highest BCUT2D eigenvalue weighted by atomic mass is 16.7. The molecule has 2 fully saturated rings. The van der Waals surface area contributed by atoms with Crippen molar-refractivity contribution in [3.63, 3.8) is 0 Å². The number of ether oxygens (including phenoxy) is 4. The second-order valence-electron chi connectivity index (χ2n) is 15.9. The number of hydrogen-bond donors (Lipinski definition) is 11. The molecular formula is C44H67NO16. The first-order valence-corrected chi connectivity index (χ1v) is 21.0. The highest BCUT2D eigenvalue weighted by Crippen LogP contribution is 2.38. The van der Waals surface area contributed by atoms with Gasteiger partial charge in [-0.15, -0.1) is 0 Å². The van der Waals surface area contributed by atoms with E-state index in [4.69, 9.17) is 24.7 Å². The van der Waals surface area contributed by atoms with Gasteiger partial charge in [0.1, 0.15) is 12.0 Å². The standard InChI is InChI=1S/C44H67NO16/c1-28-40(53)39(45)41(54)43(59-28)60-32-18-16-14-12-10-8-6-4-2-3-5-7-9-11-13-15-17-21-58-37(52)24-30(47)22-29(46)19-20-33(49)34(50)23-31(48)26-44(57)27-35(51)38(42(55)56)36(25-32)61-44/h2-12,14,16,18,28-36,38-41,43,46-51,53-54,57H,13,15,17,19-27,45H2,1H3,(H,55,56)/b3-2+,6-4+,7-5+,10-8+,11-9+,14-12+,18-16+. The van der Waals surface area contributed by atoms with Gasteiger partial charge in [0, 0.05) is 25.7 Å². The topological polar surface area (TPSA) is 299 Å². The van der Waals surface area contributed by atoms with Crippen LogP contribution in [0.15, 0.2) is 85.1 Å². The molecule has 344 valence electrons. The number of carboxylic acid groups (broad SMARTS) is 1. The summed E-state index contributed by atoms with van der Waals surface area (Å²) >= 11 is 0. The van der Waals surface area contributed by atoms with Crippen molar-refractivity contribution >= 4 is 11.9 Å². The van der Waals surface area contributed by atoms with Gasteiger partial charge in [0.2, 0.25) is 0 Å². The van der Waals surface area contributed by atoms with Crippen LogP contribution in [0.3, 0.4) is 0 Å². The monoisotopic (exact) mass is 865 g/mol. The van der Waals surface area contributed by atoms with E-state index in [0.717, 1.165) is 12.8 Å². The molecule has 3 aliphatic heterocycles. The molecule has 2 saturated heterocycles. The Bertz CT molecular complexity index is 1530. The number of rotatable bonds is 3. The predicted octanol–water partition coefficient (Wildman–Crippen LogP) is 0.860. The van der Waals surface area contributed by atoms with Crippen LogP contribution < -0.4 is 5.73 Å². The molecule has 3 rings (SSSR count). The number of fused-ring (bicyclic) bond motifs is 2. The van der Waals surface area contributed by atoms with Crippen molar-refractivity contribution < 1.29 is 79.6 Å². The molecule has 0 spiro atoms. The van der Waals surface area contributed by atoms with Crippen molar-refractivity contribution in [3.05, 3.63) is 85.1 Å². The number of carbonyl (C=O) groups is 2. The number of carboxylic acids is 1. The lowest BCUT2D eigenvalue weighted by molar-refractivity contribution is -0.308. The van der Waals surface area contributed by atoms with Crippen LogP contribution in [0, 0.1) is 5.92 Å². The van der Waals surface area contributed by atoms with Gasteiger partial charge in [-0.2, -0.15) is 0 Å². The van der Waals surface area contributed by atoms with Crippen LogP contribution in [0.25, 0.3) is 0 Å². The number of carbonyl (C=O) groups excluding carboxylic acids is 1. The summed E-state index contributed by atoms with van der Waals surface area (Å²) in [5, 5.41) is 107. The van der Waals surface area contributed by atoms with Gasteiger partial charge in [-0.05, 0) is 45.4 Å². The van der Waals surface area contributed by atoms with E-state index in [1.165, 1.54) is 13.0 Å². The molecule has 0 radical (unpaired) electrons. The van der Waals surface area contributed by atoms with Crippen LogP contribution in [-0.2, 0) is 28.5 Å². The molecule has 61 heavy (non-hydrogen) atoms. The maximum absolute atomic E-state index is 12.4. The number of aliphatic carboxylic acids is 1. The van der Waals surface area contributed by atoms with Crippen LogP contribution in [0.2, 0.25) is 0 Å². The van der Waals surface area contributed by atoms with Gasteiger partial charge in [0.05, 0.1) is 80.1 Å². The van der Waals surface area contributed by atoms with Crippen LogP contribution in [0.5, 0.6) is 0 Å². The summed E-state index contributed by atoms with van der Waals surface area (Å²) in [4.78, 5) is 24.6. The molecule has 2 bridgehead atoms. The summed E-state index contributed by atoms with van der Waals surface area (Å²) in [7, 11) is 0. The molecule has 12 N–H and O–H groups in total. The molecule has 0 aliphatic carbocycles. The first kappa shape index (κ1) is 51.9. The summed E-state index contributed by atoms with van der Waals surface area (Å²) in [5.41, 5.74) is 6.01. The molecule has 3 heterocycles. The van der Waals surface area contributed by atoms with E-state index in [1.807, 2.05) is 48.6 Å². The third kappa shape index (κ3) is 18.9.